The number of ether oxygens (including phenoxy) is 1. The number of rotatable bonds is 4. The molecular weight excluding hydrogens is 485 g/mol. The lowest BCUT2D eigenvalue weighted by Gasteiger charge is -2.20. The molecule has 2 N–H and O–H groups in total. The third kappa shape index (κ3) is 7.82. The normalized spacial score (nSPS) is 18.7. The number of alkyl halides is 9. The van der Waals surface area contributed by atoms with Gasteiger partial charge in [0.15, 0.2) is 0 Å². The minimum atomic E-state index is -5.08. The predicted molar refractivity (Wildman–Crippen MR) is 101 cm³/mol. The molecule has 1 aliphatic heterocycles. The second kappa shape index (κ2) is 10.5. The Balaban J connectivity index is 0.000000509. The van der Waals surface area contributed by atoms with Crippen LogP contribution >= 0.6 is 0 Å². The number of benzene rings is 2. The summed E-state index contributed by atoms with van der Waals surface area (Å²) in [7, 11) is 0. The summed E-state index contributed by atoms with van der Waals surface area (Å²) < 4.78 is 115. The van der Waals surface area contributed by atoms with Crippen LogP contribution in [0.3, 0.4) is 0 Å². The number of carbonyl (C=O) groups is 1. The van der Waals surface area contributed by atoms with Crippen LogP contribution in [0.2, 0.25) is 0 Å². The maximum Gasteiger partial charge on any atom is 0.490 e. The summed E-state index contributed by atoms with van der Waals surface area (Å²) in [5.41, 5.74) is -1.70. The van der Waals surface area contributed by atoms with Crippen molar-refractivity contribution in [3.63, 3.8) is 0 Å². The Morgan fingerprint density at radius 3 is 1.82 bits per heavy atom. The van der Waals surface area contributed by atoms with Crippen LogP contribution in [-0.4, -0.2) is 36.9 Å². The van der Waals surface area contributed by atoms with Crippen molar-refractivity contribution in [1.82, 2.24) is 5.32 Å². The van der Waals surface area contributed by atoms with Crippen LogP contribution in [0.15, 0.2) is 48.5 Å². The van der Waals surface area contributed by atoms with E-state index in [4.69, 9.17) is 14.6 Å². The molecule has 2 atom stereocenters. The molecule has 1 heterocycles. The molecule has 188 valence electrons. The highest BCUT2D eigenvalue weighted by Gasteiger charge is 2.39. The Bertz CT molecular complexity index is 924. The van der Waals surface area contributed by atoms with Gasteiger partial charge in [0.1, 0.15) is 5.75 Å². The maximum absolute atomic E-state index is 12.9. The zero-order valence-electron chi connectivity index (χ0n) is 17.1. The van der Waals surface area contributed by atoms with Crippen LogP contribution in [0.25, 0.3) is 0 Å². The molecule has 13 heteroatoms. The molecule has 0 aliphatic carbocycles. The van der Waals surface area contributed by atoms with Crippen molar-refractivity contribution in [2.24, 2.45) is 5.92 Å². The Morgan fingerprint density at radius 1 is 0.882 bits per heavy atom. The van der Waals surface area contributed by atoms with E-state index in [-0.39, 0.29) is 24.5 Å². The fraction of sp³-hybridized carbons (Fsp3) is 0.381. The van der Waals surface area contributed by atoms with Crippen molar-refractivity contribution in [2.75, 3.05) is 19.7 Å². The highest BCUT2D eigenvalue weighted by atomic mass is 19.4. The molecule has 1 aliphatic rings. The van der Waals surface area contributed by atoms with E-state index in [9.17, 15) is 39.5 Å². The highest BCUT2D eigenvalue weighted by molar-refractivity contribution is 5.73. The first-order chi connectivity index (χ1) is 15.6. The monoisotopic (exact) mass is 503 g/mol. The van der Waals surface area contributed by atoms with Gasteiger partial charge in [-0.1, -0.05) is 30.3 Å². The van der Waals surface area contributed by atoms with Gasteiger partial charge >= 0.3 is 24.5 Å². The van der Waals surface area contributed by atoms with E-state index >= 15 is 0 Å². The van der Waals surface area contributed by atoms with Gasteiger partial charge in [-0.15, -0.1) is 0 Å². The average molecular weight is 503 g/mol. The highest BCUT2D eigenvalue weighted by Crippen LogP contribution is 2.38. The number of aliphatic carboxylic acids is 1. The summed E-state index contributed by atoms with van der Waals surface area (Å²) in [6.07, 6.45) is -14.9. The minimum Gasteiger partial charge on any atom is -0.493 e. The van der Waals surface area contributed by atoms with E-state index in [1.807, 2.05) is 30.3 Å². The van der Waals surface area contributed by atoms with Crippen molar-refractivity contribution < 1.29 is 54.2 Å². The molecule has 0 amide bonds. The zero-order valence-corrected chi connectivity index (χ0v) is 17.1. The number of nitrogens with one attached hydrogen (secondary N) is 1. The van der Waals surface area contributed by atoms with Crippen LogP contribution < -0.4 is 10.1 Å². The zero-order chi connectivity index (χ0) is 25.7. The lowest BCUT2D eigenvalue weighted by Crippen LogP contribution is -2.21. The number of halogens is 9. The van der Waals surface area contributed by atoms with Crippen LogP contribution in [0, 0.1) is 5.92 Å². The summed E-state index contributed by atoms with van der Waals surface area (Å²) in [4.78, 5) is 8.90. The molecule has 0 saturated carbocycles. The summed E-state index contributed by atoms with van der Waals surface area (Å²) in [5, 5.41) is 10.3. The molecule has 34 heavy (non-hydrogen) atoms. The Labute approximate surface area is 187 Å². The second-order valence-electron chi connectivity index (χ2n) is 7.29. The van der Waals surface area contributed by atoms with Crippen molar-refractivity contribution in [2.45, 2.75) is 24.4 Å². The molecule has 0 unspecified atom stereocenters. The van der Waals surface area contributed by atoms with Gasteiger partial charge in [-0.25, -0.2) is 4.79 Å². The fourth-order valence-corrected chi connectivity index (χ4v) is 3.21. The first-order valence-corrected chi connectivity index (χ1v) is 9.57. The number of carboxylic acids is 1. The van der Waals surface area contributed by atoms with Gasteiger partial charge in [0, 0.05) is 24.9 Å². The van der Waals surface area contributed by atoms with E-state index in [1.165, 1.54) is 0 Å². The number of hydrogen-bond acceptors (Lipinski definition) is 3. The Hall–Kier alpha value is -2.96. The minimum absolute atomic E-state index is 0.0190. The van der Waals surface area contributed by atoms with Crippen LogP contribution in [0.4, 0.5) is 39.5 Å². The summed E-state index contributed by atoms with van der Waals surface area (Å²) in [6, 6.07) is 10.8. The average Bonchev–Trinajstić information content (AvgIpc) is 3.20. The fourth-order valence-electron chi connectivity index (χ4n) is 3.21. The first-order valence-electron chi connectivity index (χ1n) is 9.57. The molecule has 2 aromatic carbocycles. The lowest BCUT2D eigenvalue weighted by atomic mass is 9.89. The standard InChI is InChI=1S/C19H17F6NO.C2HF3O2/c20-18(21,22)14-6-15(19(23,24)25)8-16(7-14)27-11-13-9-26-10-17(13)12-4-2-1-3-5-12;3-2(4,5)1(6)7/h1-8,13,17,26H,9-11H2;(H,6,7)/t13-,17-;/m1./s1. The lowest BCUT2D eigenvalue weighted by molar-refractivity contribution is -0.192. The Kier molecular flexibility index (Phi) is 8.45. The summed E-state index contributed by atoms with van der Waals surface area (Å²) >= 11 is 0. The van der Waals surface area contributed by atoms with Crippen LogP contribution in [0.1, 0.15) is 22.6 Å². The van der Waals surface area contributed by atoms with Crippen molar-refractivity contribution in [3.8, 4) is 5.75 Å². The van der Waals surface area contributed by atoms with Gasteiger partial charge in [-0.2, -0.15) is 39.5 Å². The maximum atomic E-state index is 12.9. The van der Waals surface area contributed by atoms with E-state index < -0.39 is 41.4 Å². The third-order valence-electron chi connectivity index (χ3n) is 4.84. The predicted octanol–water partition coefficient (Wildman–Crippen LogP) is 5.74. The van der Waals surface area contributed by atoms with Crippen molar-refractivity contribution in [1.29, 1.82) is 0 Å². The molecule has 3 rings (SSSR count). The van der Waals surface area contributed by atoms with Crippen LogP contribution in [-0.2, 0) is 17.1 Å². The number of hydrogen-bond donors (Lipinski definition) is 2. The molecule has 1 saturated heterocycles. The number of carboxylic acid groups (broad SMARTS) is 1. The molecule has 0 bridgehead atoms. The first kappa shape index (κ1) is 27.3. The van der Waals surface area contributed by atoms with Gasteiger partial charge in [0.25, 0.3) is 0 Å². The van der Waals surface area contributed by atoms with Crippen molar-refractivity contribution >= 4 is 5.97 Å². The van der Waals surface area contributed by atoms with E-state index in [0.717, 1.165) is 5.56 Å². The molecule has 2 aromatic rings. The second-order valence-corrected chi connectivity index (χ2v) is 7.29. The van der Waals surface area contributed by atoms with E-state index in [1.54, 1.807) is 0 Å². The van der Waals surface area contributed by atoms with Crippen molar-refractivity contribution in [3.05, 3.63) is 65.2 Å². The van der Waals surface area contributed by atoms with E-state index in [2.05, 4.69) is 5.32 Å². The molecule has 1 fully saturated rings. The largest absolute Gasteiger partial charge is 0.493 e. The van der Waals surface area contributed by atoms with Gasteiger partial charge in [0.2, 0.25) is 0 Å². The topological polar surface area (TPSA) is 58.6 Å². The summed E-state index contributed by atoms with van der Waals surface area (Å²) in [5.74, 6) is -3.17. The summed E-state index contributed by atoms with van der Waals surface area (Å²) in [6.45, 7) is 1.27. The van der Waals surface area contributed by atoms with Gasteiger partial charge in [0.05, 0.1) is 17.7 Å². The molecule has 0 aromatic heterocycles. The molecule has 4 nitrogen and oxygen atoms in total. The third-order valence-corrected chi connectivity index (χ3v) is 4.84. The SMILES string of the molecule is FC(F)(F)c1cc(OC[C@H]2CNC[C@@H]2c2ccccc2)cc(C(F)(F)F)c1.O=C(O)C(F)(F)F. The van der Waals surface area contributed by atoms with Crippen LogP contribution in [0.5, 0.6) is 5.75 Å². The Morgan fingerprint density at radius 2 is 1.38 bits per heavy atom. The smallest absolute Gasteiger partial charge is 0.490 e. The molecule has 0 radical (unpaired) electrons. The van der Waals surface area contributed by atoms with Gasteiger partial charge in [-0.3, -0.25) is 0 Å². The molecule has 0 spiro atoms. The van der Waals surface area contributed by atoms with Gasteiger partial charge < -0.3 is 15.2 Å². The quantitative estimate of drug-likeness (QED) is 0.523. The van der Waals surface area contributed by atoms with Gasteiger partial charge in [-0.05, 0) is 23.8 Å². The van der Waals surface area contributed by atoms with E-state index in [0.29, 0.717) is 25.2 Å². The molecular formula is C21H18F9NO3.